The van der Waals surface area contributed by atoms with Crippen LogP contribution in [0.5, 0.6) is 5.75 Å². The maximum atomic E-state index is 5.80. The van der Waals surface area contributed by atoms with E-state index in [1.165, 1.54) is 5.56 Å². The Labute approximate surface area is 126 Å². The fourth-order valence-corrected chi connectivity index (χ4v) is 2.31. The Hall–Kier alpha value is -2.07. The molecule has 1 aromatic carbocycles. The van der Waals surface area contributed by atoms with Gasteiger partial charge in [-0.05, 0) is 31.0 Å². The molecule has 4 heteroatoms. The number of nitrogens with zero attached hydrogens (tertiary/aromatic N) is 2. The molecule has 1 aromatic heterocycles. The summed E-state index contributed by atoms with van der Waals surface area (Å²) in [6, 6.07) is 12.3. The summed E-state index contributed by atoms with van der Waals surface area (Å²) in [7, 11) is 3.72. The number of methoxy groups -OCH3 is 1. The van der Waals surface area contributed by atoms with Crippen LogP contribution in [0.25, 0.3) is 0 Å². The smallest absolute Gasteiger partial charge is 0.128 e. The minimum Gasteiger partial charge on any atom is -0.496 e. The van der Waals surface area contributed by atoms with Crippen LogP contribution in [0.2, 0.25) is 0 Å². The molecule has 4 nitrogen and oxygen atoms in total. The van der Waals surface area contributed by atoms with Gasteiger partial charge in [-0.2, -0.15) is 0 Å². The minimum absolute atomic E-state index is 0.156. The van der Waals surface area contributed by atoms with E-state index in [1.807, 2.05) is 44.4 Å². The molecule has 2 aromatic rings. The van der Waals surface area contributed by atoms with Gasteiger partial charge in [-0.15, -0.1) is 0 Å². The molecule has 0 saturated carbocycles. The van der Waals surface area contributed by atoms with Gasteiger partial charge >= 0.3 is 0 Å². The van der Waals surface area contributed by atoms with Gasteiger partial charge in [0, 0.05) is 31.4 Å². The normalized spacial score (nSPS) is 12.0. The summed E-state index contributed by atoms with van der Waals surface area (Å²) in [5.74, 6) is 1.84. The zero-order valence-electron chi connectivity index (χ0n) is 12.9. The maximum absolute atomic E-state index is 5.80. The Balaban J connectivity index is 2.07. The molecule has 0 spiro atoms. The molecule has 2 N–H and O–H groups in total. The van der Waals surface area contributed by atoms with Crippen molar-refractivity contribution >= 4 is 5.82 Å². The van der Waals surface area contributed by atoms with Crippen molar-refractivity contribution in [1.29, 1.82) is 0 Å². The molecule has 1 unspecified atom stereocenters. The average Bonchev–Trinajstić information content (AvgIpc) is 2.48. The van der Waals surface area contributed by atoms with Gasteiger partial charge in [0.15, 0.2) is 0 Å². The molecule has 0 radical (unpaired) electrons. The van der Waals surface area contributed by atoms with E-state index >= 15 is 0 Å². The summed E-state index contributed by atoms with van der Waals surface area (Å²) < 4.78 is 5.38. The third-order valence-corrected chi connectivity index (χ3v) is 3.36. The van der Waals surface area contributed by atoms with Gasteiger partial charge in [0.1, 0.15) is 11.6 Å². The Bertz CT molecular complexity index is 567. The zero-order valence-corrected chi connectivity index (χ0v) is 12.9. The Morgan fingerprint density at radius 3 is 2.62 bits per heavy atom. The van der Waals surface area contributed by atoms with E-state index in [1.54, 1.807) is 7.11 Å². The molecule has 1 atom stereocenters. The van der Waals surface area contributed by atoms with E-state index in [0.29, 0.717) is 0 Å². The molecule has 0 aliphatic rings. The van der Waals surface area contributed by atoms with Crippen LogP contribution >= 0.6 is 0 Å². The van der Waals surface area contributed by atoms with Crippen molar-refractivity contribution < 1.29 is 4.74 Å². The third-order valence-electron chi connectivity index (χ3n) is 3.36. The van der Waals surface area contributed by atoms with Gasteiger partial charge in [0.25, 0.3) is 0 Å². The molecule has 0 amide bonds. The summed E-state index contributed by atoms with van der Waals surface area (Å²) in [6.07, 6.45) is 2.75. The number of benzene rings is 1. The highest BCUT2D eigenvalue weighted by molar-refractivity contribution is 5.42. The summed E-state index contributed by atoms with van der Waals surface area (Å²) in [4.78, 5) is 6.62. The Morgan fingerprint density at radius 2 is 2.00 bits per heavy atom. The number of rotatable bonds is 6. The van der Waals surface area contributed by atoms with Crippen LogP contribution in [0.3, 0.4) is 0 Å². The van der Waals surface area contributed by atoms with Gasteiger partial charge in [0.2, 0.25) is 0 Å². The minimum atomic E-state index is 0.156. The van der Waals surface area contributed by atoms with Gasteiger partial charge in [-0.3, -0.25) is 0 Å². The van der Waals surface area contributed by atoms with Gasteiger partial charge in [-0.1, -0.05) is 24.3 Å². The molecule has 21 heavy (non-hydrogen) atoms. The number of ether oxygens (including phenoxy) is 1. The molecular formula is C17H23N3O. The van der Waals surface area contributed by atoms with Crippen LogP contribution in [0.1, 0.15) is 18.1 Å². The summed E-state index contributed by atoms with van der Waals surface area (Å²) in [6.45, 7) is 2.76. The van der Waals surface area contributed by atoms with Crippen molar-refractivity contribution in [3.63, 3.8) is 0 Å². The highest BCUT2D eigenvalue weighted by Gasteiger charge is 2.08. The number of para-hydroxylation sites is 1. The van der Waals surface area contributed by atoms with Crippen LogP contribution in [-0.2, 0) is 13.0 Å². The molecule has 2 rings (SSSR count). The first-order chi connectivity index (χ1) is 10.1. The highest BCUT2D eigenvalue weighted by atomic mass is 16.5. The molecule has 1 heterocycles. The van der Waals surface area contributed by atoms with E-state index in [0.717, 1.165) is 30.1 Å². The van der Waals surface area contributed by atoms with E-state index in [9.17, 15) is 0 Å². The van der Waals surface area contributed by atoms with Crippen molar-refractivity contribution in [2.24, 2.45) is 5.73 Å². The Kier molecular flexibility index (Phi) is 5.17. The fraction of sp³-hybridized carbons (Fsp3) is 0.353. The van der Waals surface area contributed by atoms with Crippen LogP contribution in [0, 0.1) is 0 Å². The number of pyridine rings is 1. The maximum Gasteiger partial charge on any atom is 0.128 e. The van der Waals surface area contributed by atoms with Crippen molar-refractivity contribution in [1.82, 2.24) is 4.98 Å². The SMILES string of the molecule is COc1ccccc1CN(C)c1ccc(CC(C)N)cn1. The van der Waals surface area contributed by atoms with Crippen molar-refractivity contribution in [3.05, 3.63) is 53.7 Å². The quantitative estimate of drug-likeness (QED) is 0.886. The van der Waals surface area contributed by atoms with E-state index in [4.69, 9.17) is 10.5 Å². The highest BCUT2D eigenvalue weighted by Crippen LogP contribution is 2.21. The second-order valence-electron chi connectivity index (χ2n) is 5.37. The Morgan fingerprint density at radius 1 is 1.24 bits per heavy atom. The molecule has 0 aliphatic carbocycles. The number of hydrogen-bond donors (Lipinski definition) is 1. The van der Waals surface area contributed by atoms with Gasteiger partial charge in [0.05, 0.1) is 7.11 Å². The first-order valence-corrected chi connectivity index (χ1v) is 7.13. The largest absolute Gasteiger partial charge is 0.496 e. The molecule has 112 valence electrons. The summed E-state index contributed by atoms with van der Waals surface area (Å²) >= 11 is 0. The van der Waals surface area contributed by atoms with E-state index in [-0.39, 0.29) is 6.04 Å². The van der Waals surface area contributed by atoms with E-state index in [2.05, 4.69) is 22.0 Å². The number of anilines is 1. The molecular weight excluding hydrogens is 262 g/mol. The lowest BCUT2D eigenvalue weighted by atomic mass is 10.1. The number of nitrogens with two attached hydrogens (primary N) is 1. The number of hydrogen-bond acceptors (Lipinski definition) is 4. The summed E-state index contributed by atoms with van der Waals surface area (Å²) in [5, 5.41) is 0. The van der Waals surface area contributed by atoms with Crippen molar-refractivity contribution in [3.8, 4) is 5.75 Å². The van der Waals surface area contributed by atoms with E-state index < -0.39 is 0 Å². The molecule has 0 bridgehead atoms. The first-order valence-electron chi connectivity index (χ1n) is 7.13. The lowest BCUT2D eigenvalue weighted by Gasteiger charge is -2.20. The van der Waals surface area contributed by atoms with Crippen LogP contribution in [0.4, 0.5) is 5.82 Å². The molecule has 0 fully saturated rings. The standard InChI is InChI=1S/C17H23N3O/c1-13(18)10-14-8-9-17(19-11-14)20(2)12-15-6-4-5-7-16(15)21-3/h4-9,11,13H,10,12,18H2,1-3H3. The predicted molar refractivity (Wildman–Crippen MR) is 86.7 cm³/mol. The third kappa shape index (κ3) is 4.20. The molecule has 0 saturated heterocycles. The van der Waals surface area contributed by atoms with Crippen molar-refractivity contribution in [2.45, 2.75) is 25.9 Å². The molecule has 0 aliphatic heterocycles. The zero-order chi connectivity index (χ0) is 15.2. The fourth-order valence-electron chi connectivity index (χ4n) is 2.31. The number of aromatic nitrogens is 1. The monoisotopic (exact) mass is 285 g/mol. The predicted octanol–water partition coefficient (Wildman–Crippen LogP) is 2.62. The van der Waals surface area contributed by atoms with Gasteiger partial charge < -0.3 is 15.4 Å². The van der Waals surface area contributed by atoms with Gasteiger partial charge in [-0.25, -0.2) is 4.98 Å². The second kappa shape index (κ2) is 7.09. The lowest BCUT2D eigenvalue weighted by molar-refractivity contribution is 0.409. The van der Waals surface area contributed by atoms with Crippen LogP contribution in [0.15, 0.2) is 42.6 Å². The van der Waals surface area contributed by atoms with Crippen molar-refractivity contribution in [2.75, 3.05) is 19.1 Å². The lowest BCUT2D eigenvalue weighted by Crippen LogP contribution is -2.19. The van der Waals surface area contributed by atoms with Crippen LogP contribution < -0.4 is 15.4 Å². The second-order valence-corrected chi connectivity index (χ2v) is 5.37. The average molecular weight is 285 g/mol. The van der Waals surface area contributed by atoms with Crippen LogP contribution in [-0.4, -0.2) is 25.2 Å². The topological polar surface area (TPSA) is 51.4 Å². The summed E-state index contributed by atoms with van der Waals surface area (Å²) in [5.41, 5.74) is 8.11. The first kappa shape index (κ1) is 15.3.